The zero-order valence-corrected chi connectivity index (χ0v) is 13.5. The third kappa shape index (κ3) is 1.71. The lowest BCUT2D eigenvalue weighted by molar-refractivity contribution is -0.0826. The number of hydrogen-bond acceptors (Lipinski definition) is 0. The predicted molar refractivity (Wildman–Crippen MR) is 80.5 cm³/mol. The fourth-order valence-corrected chi connectivity index (χ4v) is 5.12. The van der Waals surface area contributed by atoms with Crippen LogP contribution in [0.25, 0.3) is 0 Å². The SMILES string of the molecule is CC1C=CC2(C(C)(C)C(C)C)CCCC(C)(C)C12. The Hall–Kier alpha value is -0.260. The summed E-state index contributed by atoms with van der Waals surface area (Å²) in [5.41, 5.74) is 1.33. The van der Waals surface area contributed by atoms with E-state index >= 15 is 0 Å². The molecule has 0 aromatic rings. The molecule has 0 aliphatic heterocycles. The van der Waals surface area contributed by atoms with Crippen LogP contribution in [-0.2, 0) is 0 Å². The summed E-state index contributed by atoms with van der Waals surface area (Å²) in [6.45, 7) is 17.3. The maximum absolute atomic E-state index is 2.61. The Bertz CT molecular complexity index is 345. The second kappa shape index (κ2) is 4.12. The maximum Gasteiger partial charge on any atom is -0.00257 e. The van der Waals surface area contributed by atoms with Crippen LogP contribution in [0.5, 0.6) is 0 Å². The molecule has 0 heteroatoms. The Labute approximate surface area is 114 Å². The van der Waals surface area contributed by atoms with Gasteiger partial charge >= 0.3 is 0 Å². The van der Waals surface area contributed by atoms with Gasteiger partial charge in [-0.1, -0.05) is 67.0 Å². The second-order valence-corrected chi connectivity index (χ2v) is 8.45. The molecular weight excluding hydrogens is 216 g/mol. The summed E-state index contributed by atoms with van der Waals surface area (Å²) >= 11 is 0. The smallest absolute Gasteiger partial charge is 0.00257 e. The van der Waals surface area contributed by atoms with Crippen LogP contribution in [0.4, 0.5) is 0 Å². The molecule has 3 unspecified atom stereocenters. The maximum atomic E-state index is 2.61. The van der Waals surface area contributed by atoms with Crippen molar-refractivity contribution >= 4 is 0 Å². The topological polar surface area (TPSA) is 0 Å². The standard InChI is InChI=1S/C18H32/c1-13(2)17(6,7)18-11-8-10-16(4,5)15(18)14(3)9-12-18/h9,12-15H,8,10-11H2,1-7H3. The average molecular weight is 248 g/mol. The van der Waals surface area contributed by atoms with E-state index in [4.69, 9.17) is 0 Å². The van der Waals surface area contributed by atoms with Gasteiger partial charge in [-0.15, -0.1) is 0 Å². The molecular formula is C18H32. The molecule has 2 aliphatic carbocycles. The van der Waals surface area contributed by atoms with Gasteiger partial charge in [0.2, 0.25) is 0 Å². The number of hydrogen-bond donors (Lipinski definition) is 0. The molecule has 2 aliphatic rings. The zero-order chi connectivity index (χ0) is 13.8. The van der Waals surface area contributed by atoms with Gasteiger partial charge in [0.05, 0.1) is 0 Å². The van der Waals surface area contributed by atoms with Crippen molar-refractivity contribution in [2.24, 2.45) is 34.0 Å². The highest BCUT2D eigenvalue weighted by Gasteiger charge is 2.59. The summed E-state index contributed by atoms with van der Waals surface area (Å²) in [5, 5.41) is 0. The van der Waals surface area contributed by atoms with Crippen LogP contribution in [0.1, 0.15) is 67.7 Å². The lowest BCUT2D eigenvalue weighted by atomic mass is 9.45. The van der Waals surface area contributed by atoms with Crippen LogP contribution in [-0.4, -0.2) is 0 Å². The normalized spacial score (nSPS) is 39.1. The van der Waals surface area contributed by atoms with Crippen molar-refractivity contribution < 1.29 is 0 Å². The van der Waals surface area contributed by atoms with Gasteiger partial charge in [0, 0.05) is 0 Å². The van der Waals surface area contributed by atoms with E-state index in [1.54, 1.807) is 0 Å². The van der Waals surface area contributed by atoms with E-state index in [2.05, 4.69) is 60.6 Å². The molecule has 3 atom stereocenters. The molecule has 2 rings (SSSR count). The van der Waals surface area contributed by atoms with Crippen molar-refractivity contribution in [3.8, 4) is 0 Å². The minimum Gasteiger partial charge on any atom is -0.0848 e. The van der Waals surface area contributed by atoms with Crippen molar-refractivity contribution in [2.45, 2.75) is 67.7 Å². The highest BCUT2D eigenvalue weighted by atomic mass is 14.6. The molecule has 0 heterocycles. The lowest BCUT2D eigenvalue weighted by Gasteiger charge is -2.59. The first kappa shape index (κ1) is 14.2. The zero-order valence-electron chi connectivity index (χ0n) is 13.5. The monoisotopic (exact) mass is 248 g/mol. The van der Waals surface area contributed by atoms with Gasteiger partial charge in [-0.25, -0.2) is 0 Å². The summed E-state index contributed by atoms with van der Waals surface area (Å²) < 4.78 is 0. The van der Waals surface area contributed by atoms with Crippen LogP contribution >= 0.6 is 0 Å². The third-order valence-electron chi connectivity index (χ3n) is 6.67. The van der Waals surface area contributed by atoms with Crippen molar-refractivity contribution in [2.75, 3.05) is 0 Å². The first-order chi connectivity index (χ1) is 8.15. The lowest BCUT2D eigenvalue weighted by Crippen LogP contribution is -2.52. The number of fused-ring (bicyclic) bond motifs is 1. The molecule has 0 radical (unpaired) electrons. The molecule has 1 saturated carbocycles. The largest absolute Gasteiger partial charge is 0.0848 e. The summed E-state index contributed by atoms with van der Waals surface area (Å²) in [5.74, 6) is 2.32. The van der Waals surface area contributed by atoms with Gasteiger partial charge in [0.15, 0.2) is 0 Å². The second-order valence-electron chi connectivity index (χ2n) is 8.45. The Morgan fingerprint density at radius 3 is 2.33 bits per heavy atom. The van der Waals surface area contributed by atoms with E-state index in [1.807, 2.05) is 0 Å². The fraction of sp³-hybridized carbons (Fsp3) is 0.889. The van der Waals surface area contributed by atoms with Gasteiger partial charge in [0.1, 0.15) is 0 Å². The van der Waals surface area contributed by atoms with Crippen LogP contribution in [0.3, 0.4) is 0 Å². The van der Waals surface area contributed by atoms with Gasteiger partial charge in [0.25, 0.3) is 0 Å². The average Bonchev–Trinajstić information content (AvgIpc) is 2.58. The summed E-state index contributed by atoms with van der Waals surface area (Å²) in [7, 11) is 0. The molecule has 18 heavy (non-hydrogen) atoms. The van der Waals surface area contributed by atoms with Gasteiger partial charge < -0.3 is 0 Å². The Morgan fingerprint density at radius 1 is 1.17 bits per heavy atom. The highest BCUT2D eigenvalue weighted by Crippen LogP contribution is 2.66. The van der Waals surface area contributed by atoms with Gasteiger partial charge in [-0.3, -0.25) is 0 Å². The molecule has 1 fully saturated rings. The molecule has 0 aromatic carbocycles. The molecule has 0 saturated heterocycles. The van der Waals surface area contributed by atoms with E-state index in [0.717, 1.165) is 17.8 Å². The van der Waals surface area contributed by atoms with Gasteiger partial charge in [-0.05, 0) is 46.8 Å². The first-order valence-corrected chi connectivity index (χ1v) is 7.84. The van der Waals surface area contributed by atoms with Crippen LogP contribution in [0.2, 0.25) is 0 Å². The van der Waals surface area contributed by atoms with E-state index in [0.29, 0.717) is 16.2 Å². The molecule has 104 valence electrons. The number of allylic oxidation sites excluding steroid dienone is 2. The molecule has 0 spiro atoms. The van der Waals surface area contributed by atoms with E-state index in [-0.39, 0.29) is 0 Å². The minimum atomic E-state index is 0.399. The van der Waals surface area contributed by atoms with E-state index < -0.39 is 0 Å². The van der Waals surface area contributed by atoms with Crippen molar-refractivity contribution in [3.05, 3.63) is 12.2 Å². The first-order valence-electron chi connectivity index (χ1n) is 7.84. The molecule has 0 nitrogen and oxygen atoms in total. The van der Waals surface area contributed by atoms with Crippen molar-refractivity contribution in [1.82, 2.24) is 0 Å². The summed E-state index contributed by atoms with van der Waals surface area (Å²) in [4.78, 5) is 0. The Morgan fingerprint density at radius 2 is 1.78 bits per heavy atom. The van der Waals surface area contributed by atoms with Crippen LogP contribution in [0, 0.1) is 34.0 Å². The van der Waals surface area contributed by atoms with Crippen LogP contribution in [0.15, 0.2) is 12.2 Å². The quantitative estimate of drug-likeness (QED) is 0.551. The van der Waals surface area contributed by atoms with E-state index in [9.17, 15) is 0 Å². The summed E-state index contributed by atoms with van der Waals surface area (Å²) in [6, 6.07) is 0. The number of rotatable bonds is 2. The van der Waals surface area contributed by atoms with Crippen molar-refractivity contribution in [3.63, 3.8) is 0 Å². The fourth-order valence-electron chi connectivity index (χ4n) is 5.12. The molecule has 0 bridgehead atoms. The highest BCUT2D eigenvalue weighted by molar-refractivity contribution is 5.23. The summed E-state index contributed by atoms with van der Waals surface area (Å²) in [6.07, 6.45) is 9.33. The Balaban J connectivity index is 2.50. The van der Waals surface area contributed by atoms with E-state index in [1.165, 1.54) is 19.3 Å². The Kier molecular flexibility index (Phi) is 3.24. The van der Waals surface area contributed by atoms with Crippen LogP contribution < -0.4 is 0 Å². The third-order valence-corrected chi connectivity index (χ3v) is 6.67. The predicted octanol–water partition coefficient (Wildman–Crippen LogP) is 5.69. The molecule has 0 amide bonds. The van der Waals surface area contributed by atoms with Gasteiger partial charge in [-0.2, -0.15) is 0 Å². The minimum absolute atomic E-state index is 0.399. The molecule has 0 aromatic heterocycles. The van der Waals surface area contributed by atoms with Crippen molar-refractivity contribution in [1.29, 1.82) is 0 Å². The molecule has 0 N–H and O–H groups in total.